The summed E-state index contributed by atoms with van der Waals surface area (Å²) in [6.07, 6.45) is 1.82. The summed E-state index contributed by atoms with van der Waals surface area (Å²) in [5, 5.41) is 0. The number of carbonyl (C=O) groups is 1. The highest BCUT2D eigenvalue weighted by Gasteiger charge is 2.15. The van der Waals surface area contributed by atoms with E-state index in [-0.39, 0.29) is 11.6 Å². The molecular formula is C20H30O3. The van der Waals surface area contributed by atoms with Gasteiger partial charge in [-0.05, 0) is 66.2 Å². The van der Waals surface area contributed by atoms with Crippen LogP contribution in [0.5, 0.6) is 5.75 Å². The molecule has 0 aromatic heterocycles. The van der Waals surface area contributed by atoms with E-state index in [4.69, 9.17) is 9.47 Å². The van der Waals surface area contributed by atoms with Crippen LogP contribution in [0.25, 0.3) is 6.08 Å². The van der Waals surface area contributed by atoms with Crippen molar-refractivity contribution in [2.24, 2.45) is 0 Å². The summed E-state index contributed by atoms with van der Waals surface area (Å²) < 4.78 is 10.6. The fraction of sp³-hybridized carbons (Fsp3) is 0.450. The standard InChI is InChI=1S/C12H16O.C8H14O2/c1-5-10-6-8-11(9-7-10)13-12(2,3)4;1-6(2)7(9)10-8(3,4)5/h5-9H,1H2,2-4H3;1H2,2-5H3. The van der Waals surface area contributed by atoms with Gasteiger partial charge in [-0.25, -0.2) is 4.79 Å². The van der Waals surface area contributed by atoms with E-state index in [1.165, 1.54) is 0 Å². The van der Waals surface area contributed by atoms with E-state index in [0.717, 1.165) is 11.3 Å². The van der Waals surface area contributed by atoms with Crippen molar-refractivity contribution >= 4 is 12.0 Å². The lowest BCUT2D eigenvalue weighted by Gasteiger charge is -2.21. The summed E-state index contributed by atoms with van der Waals surface area (Å²) in [5.74, 6) is 0.575. The summed E-state index contributed by atoms with van der Waals surface area (Å²) in [5.41, 5.74) is 1.02. The van der Waals surface area contributed by atoms with Gasteiger partial charge >= 0.3 is 5.97 Å². The maximum Gasteiger partial charge on any atom is 0.333 e. The van der Waals surface area contributed by atoms with E-state index >= 15 is 0 Å². The van der Waals surface area contributed by atoms with Gasteiger partial charge in [0.05, 0.1) is 0 Å². The van der Waals surface area contributed by atoms with Gasteiger partial charge in [0.1, 0.15) is 17.0 Å². The summed E-state index contributed by atoms with van der Waals surface area (Å²) in [6.45, 7) is 20.4. The van der Waals surface area contributed by atoms with E-state index in [9.17, 15) is 4.79 Å². The minimum atomic E-state index is -0.407. The SMILES string of the molecule is C=C(C)C(=O)OC(C)(C)C.C=Cc1ccc(OC(C)(C)C)cc1. The molecule has 128 valence electrons. The van der Waals surface area contributed by atoms with Crippen molar-refractivity contribution in [3.63, 3.8) is 0 Å². The van der Waals surface area contributed by atoms with Gasteiger partial charge < -0.3 is 9.47 Å². The molecule has 0 saturated carbocycles. The van der Waals surface area contributed by atoms with Crippen LogP contribution < -0.4 is 4.74 Å². The van der Waals surface area contributed by atoms with Crippen molar-refractivity contribution in [1.82, 2.24) is 0 Å². The van der Waals surface area contributed by atoms with Gasteiger partial charge in [-0.1, -0.05) is 31.4 Å². The molecule has 0 unspecified atom stereocenters. The number of hydrogen-bond donors (Lipinski definition) is 0. The third kappa shape index (κ3) is 11.2. The second-order valence-electron chi connectivity index (χ2n) is 7.27. The predicted octanol–water partition coefficient (Wildman–Crippen LogP) is 5.41. The first-order valence-corrected chi connectivity index (χ1v) is 7.64. The van der Waals surface area contributed by atoms with Crippen molar-refractivity contribution in [2.75, 3.05) is 0 Å². The Morgan fingerprint density at radius 2 is 1.48 bits per heavy atom. The zero-order valence-electron chi connectivity index (χ0n) is 15.5. The number of benzene rings is 1. The van der Waals surface area contributed by atoms with Crippen molar-refractivity contribution < 1.29 is 14.3 Å². The maximum absolute atomic E-state index is 10.8. The smallest absolute Gasteiger partial charge is 0.333 e. The Balaban J connectivity index is 0.000000438. The largest absolute Gasteiger partial charge is 0.488 e. The molecule has 0 amide bonds. The number of esters is 1. The molecule has 1 aromatic carbocycles. The van der Waals surface area contributed by atoms with Gasteiger partial charge in [0.15, 0.2) is 0 Å². The average Bonchev–Trinajstić information content (AvgIpc) is 2.36. The highest BCUT2D eigenvalue weighted by atomic mass is 16.6. The van der Waals surface area contributed by atoms with Crippen molar-refractivity contribution in [3.8, 4) is 5.75 Å². The van der Waals surface area contributed by atoms with Crippen LogP contribution in [0.2, 0.25) is 0 Å². The quantitative estimate of drug-likeness (QED) is 0.552. The van der Waals surface area contributed by atoms with Crippen LogP contribution >= 0.6 is 0 Å². The topological polar surface area (TPSA) is 35.5 Å². The summed E-state index contributed by atoms with van der Waals surface area (Å²) in [7, 11) is 0. The molecule has 0 fully saturated rings. The second kappa shape index (κ2) is 8.56. The molecule has 0 radical (unpaired) electrons. The summed E-state index contributed by atoms with van der Waals surface area (Å²) >= 11 is 0. The Morgan fingerprint density at radius 1 is 1.00 bits per heavy atom. The Morgan fingerprint density at radius 3 is 1.74 bits per heavy atom. The molecule has 0 heterocycles. The van der Waals surface area contributed by atoms with Crippen LogP contribution in [0.4, 0.5) is 0 Å². The molecular weight excluding hydrogens is 288 g/mol. The molecule has 23 heavy (non-hydrogen) atoms. The lowest BCUT2D eigenvalue weighted by atomic mass is 10.2. The van der Waals surface area contributed by atoms with Gasteiger partial charge in [0.25, 0.3) is 0 Å². The van der Waals surface area contributed by atoms with E-state index in [0.29, 0.717) is 5.57 Å². The van der Waals surface area contributed by atoms with Gasteiger partial charge in [-0.2, -0.15) is 0 Å². The molecule has 0 aliphatic rings. The molecule has 1 rings (SSSR count). The molecule has 0 bridgehead atoms. The Bertz CT molecular complexity index is 525. The molecule has 0 atom stereocenters. The Kier molecular flexibility index (Phi) is 7.81. The van der Waals surface area contributed by atoms with Gasteiger partial charge in [0.2, 0.25) is 0 Å². The highest BCUT2D eigenvalue weighted by Crippen LogP contribution is 2.18. The van der Waals surface area contributed by atoms with E-state index in [1.807, 2.05) is 71.9 Å². The first-order chi connectivity index (χ1) is 10.3. The minimum absolute atomic E-state index is 0.129. The monoisotopic (exact) mass is 318 g/mol. The Hall–Kier alpha value is -2.03. The fourth-order valence-corrected chi connectivity index (χ4v) is 1.39. The predicted molar refractivity (Wildman–Crippen MR) is 97.6 cm³/mol. The third-order valence-electron chi connectivity index (χ3n) is 2.29. The highest BCUT2D eigenvalue weighted by molar-refractivity contribution is 5.87. The van der Waals surface area contributed by atoms with Crippen molar-refractivity contribution in [2.45, 2.75) is 59.7 Å². The number of ether oxygens (including phenoxy) is 2. The number of carbonyl (C=O) groups excluding carboxylic acids is 1. The van der Waals surface area contributed by atoms with E-state index in [1.54, 1.807) is 6.92 Å². The van der Waals surface area contributed by atoms with Gasteiger partial charge in [0, 0.05) is 5.57 Å². The maximum atomic E-state index is 10.8. The first-order valence-electron chi connectivity index (χ1n) is 7.64. The van der Waals surface area contributed by atoms with E-state index in [2.05, 4.69) is 13.2 Å². The van der Waals surface area contributed by atoms with Crippen LogP contribution in [-0.2, 0) is 9.53 Å². The van der Waals surface area contributed by atoms with Crippen molar-refractivity contribution in [1.29, 1.82) is 0 Å². The van der Waals surface area contributed by atoms with Crippen LogP contribution in [0, 0.1) is 0 Å². The zero-order chi connectivity index (χ0) is 18.3. The molecule has 0 aliphatic carbocycles. The van der Waals surface area contributed by atoms with Gasteiger partial charge in [-0.15, -0.1) is 0 Å². The normalized spacial score (nSPS) is 10.9. The lowest BCUT2D eigenvalue weighted by molar-refractivity contribution is -0.149. The first kappa shape index (κ1) is 21.0. The number of hydrogen-bond acceptors (Lipinski definition) is 3. The average molecular weight is 318 g/mol. The van der Waals surface area contributed by atoms with E-state index < -0.39 is 5.60 Å². The fourth-order valence-electron chi connectivity index (χ4n) is 1.39. The Labute approximate surface area is 141 Å². The lowest BCUT2D eigenvalue weighted by Crippen LogP contribution is -2.23. The van der Waals surface area contributed by atoms with Crippen LogP contribution in [0.15, 0.2) is 43.0 Å². The molecule has 3 heteroatoms. The molecule has 0 spiro atoms. The number of rotatable bonds is 3. The second-order valence-corrected chi connectivity index (χ2v) is 7.27. The molecule has 0 aliphatic heterocycles. The zero-order valence-corrected chi connectivity index (χ0v) is 15.5. The van der Waals surface area contributed by atoms with Crippen molar-refractivity contribution in [3.05, 3.63) is 48.6 Å². The summed E-state index contributed by atoms with van der Waals surface area (Å²) in [4.78, 5) is 10.8. The molecule has 0 N–H and O–H groups in total. The molecule has 1 aromatic rings. The minimum Gasteiger partial charge on any atom is -0.488 e. The van der Waals surface area contributed by atoms with Crippen LogP contribution in [-0.4, -0.2) is 17.2 Å². The molecule has 0 saturated heterocycles. The molecule has 3 nitrogen and oxygen atoms in total. The van der Waals surface area contributed by atoms with Crippen LogP contribution in [0.1, 0.15) is 54.0 Å². The third-order valence-corrected chi connectivity index (χ3v) is 2.29. The summed E-state index contributed by atoms with van der Waals surface area (Å²) in [6, 6.07) is 7.91. The van der Waals surface area contributed by atoms with Gasteiger partial charge in [-0.3, -0.25) is 0 Å². The van der Waals surface area contributed by atoms with Crippen LogP contribution in [0.3, 0.4) is 0 Å².